The molecule has 0 aromatic carbocycles. The van der Waals surface area contributed by atoms with Crippen LogP contribution >= 0.6 is 0 Å². The molecule has 1 heterocycles. The first-order valence-electron chi connectivity index (χ1n) is 8.22. The normalized spacial score (nSPS) is 41.7. The Hall–Kier alpha value is -0.0800. The van der Waals surface area contributed by atoms with E-state index in [1.54, 1.807) is 0 Å². The van der Waals surface area contributed by atoms with Crippen molar-refractivity contribution in [3.8, 4) is 0 Å². The van der Waals surface area contributed by atoms with Crippen LogP contribution in [-0.2, 0) is 0 Å². The standard InChI is InChI=1S/C17H34N2/c1-13-8-14(2)10-17(9-13,12-18)19-7-6-15(11-19)16(3,4)5/h13-15H,6-12,18H2,1-5H3. The topological polar surface area (TPSA) is 29.3 Å². The lowest BCUT2D eigenvalue weighted by Crippen LogP contribution is -2.56. The lowest BCUT2D eigenvalue weighted by atomic mass is 9.70. The molecule has 0 radical (unpaired) electrons. The van der Waals surface area contributed by atoms with Gasteiger partial charge in [-0.15, -0.1) is 0 Å². The molecule has 2 rings (SSSR count). The molecule has 1 aliphatic carbocycles. The van der Waals surface area contributed by atoms with Crippen LogP contribution in [0, 0.1) is 23.2 Å². The third-order valence-electron chi connectivity index (χ3n) is 5.73. The van der Waals surface area contributed by atoms with E-state index in [9.17, 15) is 0 Å². The molecule has 3 atom stereocenters. The van der Waals surface area contributed by atoms with Gasteiger partial charge in [0.1, 0.15) is 0 Å². The maximum Gasteiger partial charge on any atom is 0.0336 e. The average molecular weight is 266 g/mol. The van der Waals surface area contributed by atoms with E-state index >= 15 is 0 Å². The summed E-state index contributed by atoms with van der Waals surface area (Å²) in [6.45, 7) is 15.4. The fraction of sp³-hybridized carbons (Fsp3) is 1.00. The summed E-state index contributed by atoms with van der Waals surface area (Å²) in [7, 11) is 0. The largest absolute Gasteiger partial charge is 0.329 e. The third-order valence-corrected chi connectivity index (χ3v) is 5.73. The molecule has 0 aromatic heterocycles. The van der Waals surface area contributed by atoms with E-state index in [1.165, 1.54) is 38.8 Å². The number of hydrogen-bond donors (Lipinski definition) is 1. The van der Waals surface area contributed by atoms with E-state index in [4.69, 9.17) is 5.73 Å². The molecule has 0 amide bonds. The Morgan fingerprint density at radius 1 is 1.16 bits per heavy atom. The number of nitrogens with two attached hydrogens (primary N) is 1. The molecule has 0 spiro atoms. The van der Waals surface area contributed by atoms with Crippen molar-refractivity contribution in [2.24, 2.45) is 28.9 Å². The molecule has 2 N–H and O–H groups in total. The molecular formula is C17H34N2. The summed E-state index contributed by atoms with van der Waals surface area (Å²) in [4.78, 5) is 2.76. The maximum absolute atomic E-state index is 6.26. The molecule has 3 unspecified atom stereocenters. The fourth-order valence-electron chi connectivity index (χ4n) is 4.69. The van der Waals surface area contributed by atoms with Crippen molar-refractivity contribution < 1.29 is 0 Å². The van der Waals surface area contributed by atoms with Crippen LogP contribution in [0.3, 0.4) is 0 Å². The number of rotatable bonds is 2. The minimum Gasteiger partial charge on any atom is -0.329 e. The Morgan fingerprint density at radius 3 is 2.16 bits per heavy atom. The minimum absolute atomic E-state index is 0.303. The van der Waals surface area contributed by atoms with Crippen molar-refractivity contribution in [1.82, 2.24) is 4.90 Å². The monoisotopic (exact) mass is 266 g/mol. The minimum atomic E-state index is 0.303. The van der Waals surface area contributed by atoms with Crippen LogP contribution in [0.15, 0.2) is 0 Å². The Labute approximate surface area is 120 Å². The van der Waals surface area contributed by atoms with Gasteiger partial charge in [-0.3, -0.25) is 4.90 Å². The fourth-order valence-corrected chi connectivity index (χ4v) is 4.69. The van der Waals surface area contributed by atoms with E-state index < -0.39 is 0 Å². The SMILES string of the molecule is CC1CC(C)CC(CN)(N2CCC(C(C)(C)C)C2)C1. The highest BCUT2D eigenvalue weighted by Gasteiger charge is 2.45. The predicted octanol–water partition coefficient (Wildman–Crippen LogP) is 3.51. The van der Waals surface area contributed by atoms with Gasteiger partial charge in [-0.05, 0) is 55.4 Å². The number of likely N-dealkylation sites (tertiary alicyclic amines) is 1. The molecule has 2 aliphatic rings. The predicted molar refractivity (Wildman–Crippen MR) is 83.1 cm³/mol. The first-order valence-corrected chi connectivity index (χ1v) is 8.22. The zero-order chi connectivity index (χ0) is 14.3. The van der Waals surface area contributed by atoms with Crippen molar-refractivity contribution in [2.75, 3.05) is 19.6 Å². The van der Waals surface area contributed by atoms with Crippen molar-refractivity contribution in [1.29, 1.82) is 0 Å². The van der Waals surface area contributed by atoms with Gasteiger partial charge in [0.15, 0.2) is 0 Å². The lowest BCUT2D eigenvalue weighted by Gasteiger charge is -2.48. The molecule has 0 bridgehead atoms. The summed E-state index contributed by atoms with van der Waals surface area (Å²) in [5.74, 6) is 2.51. The average Bonchev–Trinajstić information content (AvgIpc) is 2.76. The molecule has 1 saturated carbocycles. The van der Waals surface area contributed by atoms with Crippen LogP contribution < -0.4 is 5.73 Å². The summed E-state index contributed by atoms with van der Waals surface area (Å²) < 4.78 is 0. The molecular weight excluding hydrogens is 232 g/mol. The highest BCUT2D eigenvalue weighted by molar-refractivity contribution is 5.01. The Bertz CT molecular complexity index is 295. The highest BCUT2D eigenvalue weighted by atomic mass is 15.2. The van der Waals surface area contributed by atoms with Crippen LogP contribution in [0.5, 0.6) is 0 Å². The smallest absolute Gasteiger partial charge is 0.0336 e. The van der Waals surface area contributed by atoms with Gasteiger partial charge in [0.2, 0.25) is 0 Å². The number of nitrogens with zero attached hydrogens (tertiary/aromatic N) is 1. The summed E-state index contributed by atoms with van der Waals surface area (Å²) in [5.41, 5.74) is 7.00. The molecule has 0 aromatic rings. The van der Waals surface area contributed by atoms with Gasteiger partial charge in [-0.1, -0.05) is 34.6 Å². The van der Waals surface area contributed by atoms with E-state index in [2.05, 4.69) is 39.5 Å². The Morgan fingerprint density at radius 2 is 1.74 bits per heavy atom. The highest BCUT2D eigenvalue weighted by Crippen LogP contribution is 2.43. The molecule has 112 valence electrons. The molecule has 2 heteroatoms. The quantitative estimate of drug-likeness (QED) is 0.829. The van der Waals surface area contributed by atoms with Crippen LogP contribution in [0.1, 0.15) is 60.3 Å². The van der Waals surface area contributed by atoms with Gasteiger partial charge in [-0.2, -0.15) is 0 Å². The summed E-state index contributed by atoms with van der Waals surface area (Å²) >= 11 is 0. The summed E-state index contributed by atoms with van der Waals surface area (Å²) in [6, 6.07) is 0. The molecule has 1 aliphatic heterocycles. The first-order chi connectivity index (χ1) is 8.77. The first kappa shape index (κ1) is 15.3. The van der Waals surface area contributed by atoms with E-state index in [0.29, 0.717) is 11.0 Å². The Kier molecular flexibility index (Phi) is 4.32. The lowest BCUT2D eigenvalue weighted by molar-refractivity contribution is 0.0300. The summed E-state index contributed by atoms with van der Waals surface area (Å²) in [5, 5.41) is 0. The maximum atomic E-state index is 6.26. The second kappa shape index (κ2) is 5.37. The second-order valence-corrected chi connectivity index (χ2v) is 8.58. The zero-order valence-electron chi connectivity index (χ0n) is 13.7. The zero-order valence-corrected chi connectivity index (χ0v) is 13.7. The van der Waals surface area contributed by atoms with Crippen molar-refractivity contribution in [3.63, 3.8) is 0 Å². The number of hydrogen-bond acceptors (Lipinski definition) is 2. The van der Waals surface area contributed by atoms with Crippen LogP contribution in [0.2, 0.25) is 0 Å². The molecule has 2 nitrogen and oxygen atoms in total. The van der Waals surface area contributed by atoms with Gasteiger partial charge in [0, 0.05) is 18.6 Å². The van der Waals surface area contributed by atoms with Crippen LogP contribution in [0.4, 0.5) is 0 Å². The van der Waals surface area contributed by atoms with Gasteiger partial charge in [0.05, 0.1) is 0 Å². The van der Waals surface area contributed by atoms with Gasteiger partial charge in [0.25, 0.3) is 0 Å². The molecule has 1 saturated heterocycles. The van der Waals surface area contributed by atoms with E-state index in [-0.39, 0.29) is 0 Å². The van der Waals surface area contributed by atoms with Crippen molar-refractivity contribution in [3.05, 3.63) is 0 Å². The van der Waals surface area contributed by atoms with Gasteiger partial charge >= 0.3 is 0 Å². The second-order valence-electron chi connectivity index (χ2n) is 8.58. The Balaban J connectivity index is 2.10. The molecule has 2 fully saturated rings. The van der Waals surface area contributed by atoms with Crippen LogP contribution in [0.25, 0.3) is 0 Å². The van der Waals surface area contributed by atoms with Gasteiger partial charge in [-0.25, -0.2) is 0 Å². The van der Waals surface area contributed by atoms with Crippen LogP contribution in [-0.4, -0.2) is 30.1 Å². The van der Waals surface area contributed by atoms with Gasteiger partial charge < -0.3 is 5.73 Å². The van der Waals surface area contributed by atoms with E-state index in [0.717, 1.165) is 24.3 Å². The van der Waals surface area contributed by atoms with Crippen molar-refractivity contribution in [2.45, 2.75) is 65.8 Å². The van der Waals surface area contributed by atoms with Crippen molar-refractivity contribution >= 4 is 0 Å². The summed E-state index contributed by atoms with van der Waals surface area (Å²) in [6.07, 6.45) is 5.36. The third kappa shape index (κ3) is 3.16. The van der Waals surface area contributed by atoms with E-state index in [1.807, 2.05) is 0 Å². The molecule has 19 heavy (non-hydrogen) atoms.